The van der Waals surface area contributed by atoms with Gasteiger partial charge in [-0.25, -0.2) is 4.98 Å². The molecule has 0 saturated heterocycles. The number of pyridine rings is 1. The zero-order valence-corrected chi connectivity index (χ0v) is 13.0. The molecule has 0 saturated carbocycles. The van der Waals surface area contributed by atoms with Crippen molar-refractivity contribution in [1.29, 1.82) is 0 Å². The van der Waals surface area contributed by atoms with Crippen LogP contribution in [0.5, 0.6) is 0 Å². The van der Waals surface area contributed by atoms with Crippen molar-refractivity contribution in [3.63, 3.8) is 0 Å². The van der Waals surface area contributed by atoms with Crippen molar-refractivity contribution < 1.29 is 0 Å². The van der Waals surface area contributed by atoms with E-state index in [1.807, 2.05) is 12.1 Å². The van der Waals surface area contributed by atoms with E-state index in [-0.39, 0.29) is 5.56 Å². The highest BCUT2D eigenvalue weighted by molar-refractivity contribution is 6.39. The van der Waals surface area contributed by atoms with Crippen molar-refractivity contribution in [2.75, 3.05) is 11.9 Å². The molecule has 0 aliphatic heterocycles. The van der Waals surface area contributed by atoms with E-state index in [2.05, 4.69) is 15.3 Å². The third-order valence-electron chi connectivity index (χ3n) is 3.22. The fourth-order valence-corrected chi connectivity index (χ4v) is 2.58. The maximum absolute atomic E-state index is 12.5. The molecule has 7 heteroatoms. The van der Waals surface area contributed by atoms with E-state index < -0.39 is 0 Å². The van der Waals surface area contributed by atoms with E-state index in [0.29, 0.717) is 34.0 Å². The predicted molar refractivity (Wildman–Crippen MR) is 88.7 cm³/mol. The first-order valence-corrected chi connectivity index (χ1v) is 7.39. The molecule has 0 amide bonds. The molecule has 0 aliphatic carbocycles. The lowest BCUT2D eigenvalue weighted by Crippen LogP contribution is -2.24. The summed E-state index contributed by atoms with van der Waals surface area (Å²) in [5.74, 6) is 0. The molecular weight excluding hydrogens is 323 g/mol. The number of nitrogens with zero attached hydrogens (tertiary/aromatic N) is 3. The van der Waals surface area contributed by atoms with Gasteiger partial charge in [-0.1, -0.05) is 23.2 Å². The third kappa shape index (κ3) is 2.91. The molecule has 0 fully saturated rings. The molecule has 0 aliphatic rings. The second-order valence-electron chi connectivity index (χ2n) is 4.66. The minimum Gasteiger partial charge on any atom is -0.382 e. The van der Waals surface area contributed by atoms with Crippen LogP contribution in [0, 0.1) is 0 Å². The van der Waals surface area contributed by atoms with Gasteiger partial charge in [0.1, 0.15) is 0 Å². The Morgan fingerprint density at radius 1 is 1.18 bits per heavy atom. The van der Waals surface area contributed by atoms with Crippen molar-refractivity contribution in [2.24, 2.45) is 0 Å². The number of benzene rings is 1. The van der Waals surface area contributed by atoms with Crippen molar-refractivity contribution in [3.8, 4) is 0 Å². The van der Waals surface area contributed by atoms with Crippen molar-refractivity contribution >= 4 is 39.8 Å². The molecular formula is C15H12Cl2N4O. The summed E-state index contributed by atoms with van der Waals surface area (Å²) in [6.45, 7) is 1.02. The first kappa shape index (κ1) is 14.8. The second-order valence-corrected chi connectivity index (χ2v) is 5.48. The van der Waals surface area contributed by atoms with E-state index in [1.54, 1.807) is 24.5 Å². The third-order valence-corrected chi connectivity index (χ3v) is 3.84. The Morgan fingerprint density at radius 2 is 2.00 bits per heavy atom. The Bertz CT molecular complexity index is 865. The molecule has 1 aromatic carbocycles. The second kappa shape index (κ2) is 6.34. The van der Waals surface area contributed by atoms with E-state index >= 15 is 0 Å². The van der Waals surface area contributed by atoms with E-state index in [9.17, 15) is 4.79 Å². The lowest BCUT2D eigenvalue weighted by atomic mass is 10.2. The fourth-order valence-electron chi connectivity index (χ4n) is 2.14. The van der Waals surface area contributed by atoms with Gasteiger partial charge in [0.25, 0.3) is 5.56 Å². The number of anilines is 1. The first-order chi connectivity index (χ1) is 10.7. The van der Waals surface area contributed by atoms with Gasteiger partial charge in [-0.05, 0) is 24.3 Å². The Kier molecular flexibility index (Phi) is 4.27. The van der Waals surface area contributed by atoms with Crippen LogP contribution in [0.2, 0.25) is 10.0 Å². The fraction of sp³-hybridized carbons (Fsp3) is 0.133. The van der Waals surface area contributed by atoms with Crippen LogP contribution in [0.25, 0.3) is 10.9 Å². The molecule has 0 bridgehead atoms. The number of aromatic nitrogens is 3. The summed E-state index contributed by atoms with van der Waals surface area (Å²) in [6, 6.07) is 6.99. The summed E-state index contributed by atoms with van der Waals surface area (Å²) in [4.78, 5) is 20.7. The molecule has 3 rings (SSSR count). The quantitative estimate of drug-likeness (QED) is 0.795. The van der Waals surface area contributed by atoms with Gasteiger partial charge in [-0.2, -0.15) is 0 Å². The Morgan fingerprint density at radius 3 is 2.77 bits per heavy atom. The highest BCUT2D eigenvalue weighted by atomic mass is 35.5. The highest BCUT2D eigenvalue weighted by Gasteiger charge is 2.10. The molecule has 0 spiro atoms. The average molecular weight is 335 g/mol. The first-order valence-electron chi connectivity index (χ1n) is 6.64. The zero-order chi connectivity index (χ0) is 15.5. The van der Waals surface area contributed by atoms with Crippen molar-refractivity contribution in [3.05, 3.63) is 63.4 Å². The summed E-state index contributed by atoms with van der Waals surface area (Å²) in [5, 5.41) is 4.30. The lowest BCUT2D eigenvalue weighted by Gasteiger charge is -2.09. The lowest BCUT2D eigenvalue weighted by molar-refractivity contribution is 0.689. The Hall–Kier alpha value is -2.11. The smallest absolute Gasteiger partial charge is 0.262 e. The van der Waals surface area contributed by atoms with Crippen LogP contribution in [0.3, 0.4) is 0 Å². The summed E-state index contributed by atoms with van der Waals surface area (Å²) in [5.41, 5.74) is 1.12. The highest BCUT2D eigenvalue weighted by Crippen LogP contribution is 2.25. The molecule has 3 aromatic rings. The van der Waals surface area contributed by atoms with Crippen LogP contribution in [0.15, 0.2) is 47.8 Å². The van der Waals surface area contributed by atoms with E-state index in [0.717, 1.165) is 5.69 Å². The molecule has 0 radical (unpaired) electrons. The molecule has 22 heavy (non-hydrogen) atoms. The number of nitrogens with one attached hydrogen (secondary N) is 1. The Balaban J connectivity index is 1.85. The Labute approximate surface area is 136 Å². The molecule has 1 N–H and O–H groups in total. The number of fused-ring (bicyclic) bond motifs is 1. The van der Waals surface area contributed by atoms with Gasteiger partial charge in [0.15, 0.2) is 0 Å². The van der Waals surface area contributed by atoms with Gasteiger partial charge in [-0.15, -0.1) is 0 Å². The summed E-state index contributed by atoms with van der Waals surface area (Å²) in [7, 11) is 0. The van der Waals surface area contributed by atoms with Crippen LogP contribution in [0.1, 0.15) is 0 Å². The minimum absolute atomic E-state index is 0.203. The molecule has 5 nitrogen and oxygen atoms in total. The standard InChI is InChI=1S/C15H12Cl2N4O/c16-11-3-4-12(17)14-13(11)15(22)21(9-20-14)7-6-19-10-2-1-5-18-8-10/h1-5,8-9,19H,6-7H2. The normalized spacial score (nSPS) is 10.8. The molecule has 112 valence electrons. The van der Waals surface area contributed by atoms with Crippen LogP contribution in [-0.4, -0.2) is 21.1 Å². The van der Waals surface area contributed by atoms with Crippen LogP contribution in [-0.2, 0) is 6.54 Å². The van der Waals surface area contributed by atoms with Crippen LogP contribution >= 0.6 is 23.2 Å². The maximum atomic E-state index is 12.5. The maximum Gasteiger partial charge on any atom is 0.262 e. The largest absolute Gasteiger partial charge is 0.382 e. The van der Waals surface area contributed by atoms with Gasteiger partial charge in [0.05, 0.1) is 33.0 Å². The number of rotatable bonds is 4. The van der Waals surface area contributed by atoms with Crippen molar-refractivity contribution in [1.82, 2.24) is 14.5 Å². The molecule has 2 aromatic heterocycles. The molecule has 2 heterocycles. The number of halogens is 2. The average Bonchev–Trinajstić information content (AvgIpc) is 2.54. The topological polar surface area (TPSA) is 59.8 Å². The summed E-state index contributed by atoms with van der Waals surface area (Å²) < 4.78 is 1.51. The van der Waals surface area contributed by atoms with E-state index in [1.165, 1.54) is 10.9 Å². The zero-order valence-electron chi connectivity index (χ0n) is 11.5. The number of hydrogen-bond donors (Lipinski definition) is 1. The van der Waals surface area contributed by atoms with Gasteiger partial charge < -0.3 is 5.32 Å². The monoisotopic (exact) mass is 334 g/mol. The SMILES string of the molecule is O=c1c2c(Cl)ccc(Cl)c2ncn1CCNc1cccnc1. The van der Waals surface area contributed by atoms with Gasteiger partial charge >= 0.3 is 0 Å². The van der Waals surface area contributed by atoms with Crippen LogP contribution in [0.4, 0.5) is 5.69 Å². The molecule has 0 atom stereocenters. The summed E-state index contributed by atoms with van der Waals surface area (Å²) >= 11 is 12.1. The number of hydrogen-bond acceptors (Lipinski definition) is 4. The van der Waals surface area contributed by atoms with Crippen molar-refractivity contribution in [2.45, 2.75) is 6.54 Å². The van der Waals surface area contributed by atoms with Gasteiger partial charge in [-0.3, -0.25) is 14.3 Å². The predicted octanol–water partition coefficient (Wildman–Crippen LogP) is 3.21. The van der Waals surface area contributed by atoms with Crippen LogP contribution < -0.4 is 10.9 Å². The summed E-state index contributed by atoms with van der Waals surface area (Å²) in [6.07, 6.45) is 4.91. The van der Waals surface area contributed by atoms with E-state index in [4.69, 9.17) is 23.2 Å². The van der Waals surface area contributed by atoms with Gasteiger partial charge in [0.2, 0.25) is 0 Å². The van der Waals surface area contributed by atoms with Gasteiger partial charge in [0, 0.05) is 25.5 Å². The minimum atomic E-state index is -0.203. The molecule has 0 unspecified atom stereocenters.